The maximum absolute atomic E-state index is 5.03. The van der Waals surface area contributed by atoms with Gasteiger partial charge in [-0.1, -0.05) is 0 Å². The second-order valence-electron chi connectivity index (χ2n) is 2.41. The van der Waals surface area contributed by atoms with E-state index in [1.807, 2.05) is 0 Å². The first-order valence-electron chi connectivity index (χ1n) is 3.41. The number of hydrogen-bond acceptors (Lipinski definition) is 4. The van der Waals surface area contributed by atoms with Gasteiger partial charge in [-0.25, -0.2) is 0 Å². The van der Waals surface area contributed by atoms with Gasteiger partial charge < -0.3 is 18.6 Å². The average Bonchev–Trinajstić information content (AvgIpc) is 2.64. The Bertz CT molecular complexity index is 280. The van der Waals surface area contributed by atoms with Crippen LogP contribution in [0.4, 0.5) is 0 Å². The molecule has 2 aliphatic rings. The SMILES string of the molecule is [B-]1Oc2cc3c(cc2O1)O[B-]O3. The third kappa shape index (κ3) is 0.691. The summed E-state index contributed by atoms with van der Waals surface area (Å²) in [7, 11) is 2.53. The van der Waals surface area contributed by atoms with Crippen LogP contribution in [-0.4, -0.2) is 15.4 Å². The molecule has 2 aliphatic heterocycles. The van der Waals surface area contributed by atoms with Crippen molar-refractivity contribution < 1.29 is 18.6 Å². The van der Waals surface area contributed by atoms with Crippen LogP contribution in [0.25, 0.3) is 0 Å². The van der Waals surface area contributed by atoms with Gasteiger partial charge >= 0.3 is 0 Å². The summed E-state index contributed by atoms with van der Waals surface area (Å²) in [4.78, 5) is 0. The summed E-state index contributed by atoms with van der Waals surface area (Å²) in [5.74, 6) is 2.58. The lowest BCUT2D eigenvalue weighted by molar-refractivity contribution is 0.528. The Morgan fingerprint density at radius 2 is 1.00 bits per heavy atom. The van der Waals surface area contributed by atoms with Crippen LogP contribution in [0, 0.1) is 0 Å². The maximum Gasteiger partial charge on any atom is 0.138 e. The maximum atomic E-state index is 5.03. The van der Waals surface area contributed by atoms with Gasteiger partial charge in [0.15, 0.2) is 0 Å². The Kier molecular flexibility index (Phi) is 1.03. The van der Waals surface area contributed by atoms with E-state index in [0.29, 0.717) is 23.0 Å². The van der Waals surface area contributed by atoms with Crippen molar-refractivity contribution in [2.75, 3.05) is 0 Å². The predicted molar refractivity (Wildman–Crippen MR) is 40.5 cm³/mol. The first-order chi connectivity index (χ1) is 5.93. The topological polar surface area (TPSA) is 36.9 Å². The molecule has 1 aromatic carbocycles. The van der Waals surface area contributed by atoms with Crippen molar-refractivity contribution in [1.82, 2.24) is 0 Å². The highest BCUT2D eigenvalue weighted by atomic mass is 16.6. The van der Waals surface area contributed by atoms with Crippen LogP contribution < -0.4 is 18.6 Å². The van der Waals surface area contributed by atoms with Crippen LogP contribution >= 0.6 is 0 Å². The lowest BCUT2D eigenvalue weighted by atomic mass is 10.3. The molecule has 3 rings (SSSR count). The smallest absolute Gasteiger partial charge is 0.138 e. The summed E-state index contributed by atoms with van der Waals surface area (Å²) in [6, 6.07) is 3.44. The van der Waals surface area contributed by atoms with E-state index in [-0.39, 0.29) is 0 Å². The largest absolute Gasteiger partial charge is 0.724 e. The minimum Gasteiger partial charge on any atom is -0.724 e. The number of hydrogen-bond donors (Lipinski definition) is 0. The average molecular weight is 160 g/mol. The second-order valence-corrected chi connectivity index (χ2v) is 2.41. The van der Waals surface area contributed by atoms with Gasteiger partial charge in [-0.15, -0.1) is 0 Å². The zero-order valence-electron chi connectivity index (χ0n) is 5.94. The van der Waals surface area contributed by atoms with E-state index in [1.54, 1.807) is 12.1 Å². The van der Waals surface area contributed by atoms with Crippen molar-refractivity contribution in [3.63, 3.8) is 0 Å². The van der Waals surface area contributed by atoms with Crippen molar-refractivity contribution in [2.24, 2.45) is 0 Å². The molecule has 4 nitrogen and oxygen atoms in total. The summed E-state index contributed by atoms with van der Waals surface area (Å²) in [6.45, 7) is 0. The summed E-state index contributed by atoms with van der Waals surface area (Å²) in [5.41, 5.74) is 0. The molecule has 58 valence electrons. The predicted octanol–water partition coefficient (Wildman–Crippen LogP) is 0.297. The third-order valence-corrected chi connectivity index (χ3v) is 1.71. The molecule has 0 spiro atoms. The molecule has 0 aliphatic carbocycles. The van der Waals surface area contributed by atoms with Crippen LogP contribution in [0.3, 0.4) is 0 Å². The Balaban J connectivity index is 2.18. The summed E-state index contributed by atoms with van der Waals surface area (Å²) < 4.78 is 20.1. The van der Waals surface area contributed by atoms with Crippen LogP contribution in [0.1, 0.15) is 0 Å². The number of fused-ring (bicyclic) bond motifs is 2. The fraction of sp³-hybridized carbons (Fsp3) is 0. The molecule has 0 bridgehead atoms. The normalized spacial score (nSPS) is 16.7. The van der Waals surface area contributed by atoms with E-state index in [9.17, 15) is 0 Å². The summed E-state index contributed by atoms with van der Waals surface area (Å²) in [5, 5.41) is 0. The molecule has 0 atom stereocenters. The molecule has 12 heavy (non-hydrogen) atoms. The van der Waals surface area contributed by atoms with E-state index in [4.69, 9.17) is 18.6 Å². The van der Waals surface area contributed by atoms with Gasteiger partial charge in [0.2, 0.25) is 0 Å². The summed E-state index contributed by atoms with van der Waals surface area (Å²) in [6.07, 6.45) is 0. The Hall–Kier alpha value is -1.45. The molecule has 2 heterocycles. The molecular formula is C6H2B2O4-2. The Labute approximate surface area is 70.0 Å². The van der Waals surface area contributed by atoms with Crippen molar-refractivity contribution in [3.8, 4) is 23.0 Å². The second kappa shape index (κ2) is 2.03. The van der Waals surface area contributed by atoms with Gasteiger partial charge in [-0.05, 0) is 0 Å². The summed E-state index contributed by atoms with van der Waals surface area (Å²) >= 11 is 0. The van der Waals surface area contributed by atoms with Crippen LogP contribution in [-0.2, 0) is 0 Å². The number of benzene rings is 1. The van der Waals surface area contributed by atoms with Gasteiger partial charge in [-0.3, -0.25) is 0 Å². The van der Waals surface area contributed by atoms with Crippen LogP contribution in [0.15, 0.2) is 12.1 Å². The fourth-order valence-electron chi connectivity index (χ4n) is 1.15. The van der Waals surface area contributed by atoms with E-state index >= 15 is 0 Å². The lowest BCUT2D eigenvalue weighted by Crippen LogP contribution is -2.01. The van der Waals surface area contributed by atoms with Gasteiger partial charge in [0.05, 0.1) is 0 Å². The Morgan fingerprint density at radius 3 is 1.33 bits per heavy atom. The lowest BCUT2D eigenvalue weighted by Gasteiger charge is -2.08. The van der Waals surface area contributed by atoms with E-state index in [1.165, 1.54) is 15.4 Å². The van der Waals surface area contributed by atoms with Gasteiger partial charge in [0.1, 0.15) is 38.4 Å². The fourth-order valence-corrected chi connectivity index (χ4v) is 1.15. The molecule has 0 unspecified atom stereocenters. The molecule has 1 aromatic rings. The minimum atomic E-state index is 0.646. The van der Waals surface area contributed by atoms with E-state index < -0.39 is 0 Å². The van der Waals surface area contributed by atoms with E-state index in [2.05, 4.69) is 0 Å². The highest BCUT2D eigenvalue weighted by Crippen LogP contribution is 2.43. The highest BCUT2D eigenvalue weighted by Gasteiger charge is 2.12. The van der Waals surface area contributed by atoms with Crippen molar-refractivity contribution >= 4 is 15.4 Å². The zero-order chi connectivity index (χ0) is 7.97. The molecule has 0 saturated heterocycles. The molecule has 0 saturated carbocycles. The van der Waals surface area contributed by atoms with E-state index in [0.717, 1.165) is 0 Å². The van der Waals surface area contributed by atoms with Gasteiger partial charge in [0.25, 0.3) is 0 Å². The molecule has 0 amide bonds. The van der Waals surface area contributed by atoms with Crippen molar-refractivity contribution in [3.05, 3.63) is 12.1 Å². The van der Waals surface area contributed by atoms with Crippen molar-refractivity contribution in [1.29, 1.82) is 0 Å². The standard InChI is InChI=1S/C6H2B2O4/c1-3-5(11-7-9-3)2-6-4(1)10-8-12-6/h1-2H/q-2. The first kappa shape index (κ1) is 6.11. The molecule has 0 aromatic heterocycles. The first-order valence-corrected chi connectivity index (χ1v) is 3.41. The molecule has 0 N–H and O–H groups in total. The molecule has 6 heteroatoms. The molecule has 0 fully saturated rings. The molecule has 4 radical (unpaired) electrons. The minimum absolute atomic E-state index is 0.646. The third-order valence-electron chi connectivity index (χ3n) is 1.71. The Morgan fingerprint density at radius 1 is 0.667 bits per heavy atom. The van der Waals surface area contributed by atoms with Gasteiger partial charge in [-0.2, -0.15) is 0 Å². The quantitative estimate of drug-likeness (QED) is 0.511. The van der Waals surface area contributed by atoms with Crippen molar-refractivity contribution in [2.45, 2.75) is 0 Å². The highest BCUT2D eigenvalue weighted by molar-refractivity contribution is 6.24. The van der Waals surface area contributed by atoms with Crippen LogP contribution in [0.5, 0.6) is 23.0 Å². The number of rotatable bonds is 0. The monoisotopic (exact) mass is 160 g/mol. The van der Waals surface area contributed by atoms with Crippen LogP contribution in [0.2, 0.25) is 0 Å². The van der Waals surface area contributed by atoms with Gasteiger partial charge in [0, 0.05) is 12.1 Å². The molecular weight excluding hydrogens is 158 g/mol. The zero-order valence-corrected chi connectivity index (χ0v) is 5.94.